The highest BCUT2D eigenvalue weighted by Crippen LogP contribution is 2.14. The number of amides is 1. The molecule has 0 saturated carbocycles. The number of nitrogens with zero attached hydrogens (tertiary/aromatic N) is 4. The number of aromatic nitrogens is 3. The van der Waals surface area contributed by atoms with E-state index in [2.05, 4.69) is 16.7 Å². The van der Waals surface area contributed by atoms with Crippen LogP contribution in [0.15, 0.2) is 24.9 Å². The van der Waals surface area contributed by atoms with Crippen molar-refractivity contribution in [2.45, 2.75) is 13.8 Å². The molecule has 2 aromatic rings. The maximum Gasteiger partial charge on any atom is 0.259 e. The summed E-state index contributed by atoms with van der Waals surface area (Å²) in [6.45, 7) is 7.96. The van der Waals surface area contributed by atoms with E-state index in [1.165, 1.54) is 11.1 Å². The number of aryl methyl sites for hydroxylation is 2. The van der Waals surface area contributed by atoms with Gasteiger partial charge in [-0.25, -0.2) is 9.50 Å². The molecule has 0 spiro atoms. The van der Waals surface area contributed by atoms with Crippen molar-refractivity contribution < 1.29 is 9.90 Å². The number of hydrogen-bond acceptors (Lipinski definition) is 4. The maximum absolute atomic E-state index is 12.5. The van der Waals surface area contributed by atoms with Crippen molar-refractivity contribution in [3.8, 4) is 0 Å². The van der Waals surface area contributed by atoms with Crippen molar-refractivity contribution >= 4 is 11.6 Å². The van der Waals surface area contributed by atoms with E-state index in [4.69, 9.17) is 5.11 Å². The quantitative estimate of drug-likeness (QED) is 0.825. The number of carbonyl (C=O) groups is 1. The van der Waals surface area contributed by atoms with Crippen molar-refractivity contribution in [1.82, 2.24) is 19.5 Å². The van der Waals surface area contributed by atoms with Crippen LogP contribution in [0.4, 0.5) is 0 Å². The molecule has 0 saturated heterocycles. The Morgan fingerprint density at radius 1 is 1.55 bits per heavy atom. The van der Waals surface area contributed by atoms with E-state index < -0.39 is 0 Å². The third kappa shape index (κ3) is 2.55. The Balaban J connectivity index is 2.46. The third-order valence-corrected chi connectivity index (χ3v) is 3.01. The highest BCUT2D eigenvalue weighted by atomic mass is 16.3. The topological polar surface area (TPSA) is 70.7 Å². The van der Waals surface area contributed by atoms with Crippen molar-refractivity contribution in [3.63, 3.8) is 0 Å². The molecule has 2 rings (SSSR count). The van der Waals surface area contributed by atoms with Gasteiger partial charge >= 0.3 is 0 Å². The molecule has 0 bridgehead atoms. The Morgan fingerprint density at radius 3 is 2.95 bits per heavy atom. The van der Waals surface area contributed by atoms with E-state index in [0.717, 1.165) is 11.4 Å². The zero-order valence-electron chi connectivity index (χ0n) is 11.7. The lowest BCUT2D eigenvalue weighted by Crippen LogP contribution is -2.33. The standard InChI is InChI=1S/C14H18N4O2/c1-4-5-17(6-7-19)14(20)12-9-15-18-11(3)8-10(2)16-13(12)18/h4,8-9,19H,1,5-7H2,2-3H3. The van der Waals surface area contributed by atoms with Gasteiger partial charge in [-0.1, -0.05) is 6.08 Å². The zero-order chi connectivity index (χ0) is 14.7. The van der Waals surface area contributed by atoms with Gasteiger partial charge in [-0.05, 0) is 19.9 Å². The molecule has 0 atom stereocenters. The molecule has 20 heavy (non-hydrogen) atoms. The Morgan fingerprint density at radius 2 is 2.30 bits per heavy atom. The van der Waals surface area contributed by atoms with Crippen LogP contribution in [0.5, 0.6) is 0 Å². The Kier molecular flexibility index (Phi) is 4.14. The van der Waals surface area contributed by atoms with Gasteiger partial charge in [0.2, 0.25) is 0 Å². The fourth-order valence-corrected chi connectivity index (χ4v) is 2.14. The van der Waals surface area contributed by atoms with E-state index in [-0.39, 0.29) is 19.1 Å². The molecule has 0 aliphatic heterocycles. The van der Waals surface area contributed by atoms with E-state index in [9.17, 15) is 4.79 Å². The second-order valence-corrected chi connectivity index (χ2v) is 4.60. The molecule has 6 heteroatoms. The molecular formula is C14H18N4O2. The smallest absolute Gasteiger partial charge is 0.259 e. The van der Waals surface area contributed by atoms with Crippen LogP contribution in [-0.4, -0.2) is 50.2 Å². The number of aliphatic hydroxyl groups is 1. The maximum atomic E-state index is 12.5. The molecule has 2 aromatic heterocycles. The van der Waals surface area contributed by atoms with Gasteiger partial charge in [0.15, 0.2) is 5.65 Å². The lowest BCUT2D eigenvalue weighted by atomic mass is 10.2. The minimum atomic E-state index is -0.202. The molecule has 6 nitrogen and oxygen atoms in total. The molecule has 1 amide bonds. The van der Waals surface area contributed by atoms with Gasteiger partial charge < -0.3 is 10.0 Å². The SMILES string of the molecule is C=CCN(CCO)C(=O)c1cnn2c(C)cc(C)nc12. The van der Waals surface area contributed by atoms with Crippen LogP contribution >= 0.6 is 0 Å². The van der Waals surface area contributed by atoms with Crippen LogP contribution in [0.1, 0.15) is 21.7 Å². The predicted octanol–water partition coefficient (Wildman–Crippen LogP) is 0.967. The van der Waals surface area contributed by atoms with Crippen LogP contribution in [-0.2, 0) is 0 Å². The lowest BCUT2D eigenvalue weighted by molar-refractivity contribution is 0.0744. The molecule has 106 valence electrons. The Hall–Kier alpha value is -2.21. The monoisotopic (exact) mass is 274 g/mol. The fourth-order valence-electron chi connectivity index (χ4n) is 2.14. The predicted molar refractivity (Wildman–Crippen MR) is 75.6 cm³/mol. The zero-order valence-corrected chi connectivity index (χ0v) is 11.7. The first-order valence-corrected chi connectivity index (χ1v) is 6.41. The van der Waals surface area contributed by atoms with E-state index >= 15 is 0 Å². The summed E-state index contributed by atoms with van der Waals surface area (Å²) in [4.78, 5) is 18.4. The number of hydrogen-bond donors (Lipinski definition) is 1. The summed E-state index contributed by atoms with van der Waals surface area (Å²) >= 11 is 0. The number of carbonyl (C=O) groups excluding carboxylic acids is 1. The summed E-state index contributed by atoms with van der Waals surface area (Å²) in [5.74, 6) is -0.202. The van der Waals surface area contributed by atoms with Gasteiger partial charge in [-0.2, -0.15) is 5.10 Å². The highest BCUT2D eigenvalue weighted by molar-refractivity contribution is 5.99. The van der Waals surface area contributed by atoms with E-state index in [1.54, 1.807) is 10.6 Å². The molecular weight excluding hydrogens is 256 g/mol. The third-order valence-electron chi connectivity index (χ3n) is 3.01. The second-order valence-electron chi connectivity index (χ2n) is 4.60. The summed E-state index contributed by atoms with van der Waals surface area (Å²) < 4.78 is 1.64. The first-order chi connectivity index (χ1) is 9.58. The minimum absolute atomic E-state index is 0.0930. The van der Waals surface area contributed by atoms with Crippen LogP contribution in [0, 0.1) is 13.8 Å². The summed E-state index contributed by atoms with van der Waals surface area (Å²) in [6.07, 6.45) is 3.15. The van der Waals surface area contributed by atoms with E-state index in [1.807, 2.05) is 19.9 Å². The lowest BCUT2D eigenvalue weighted by Gasteiger charge is -2.19. The van der Waals surface area contributed by atoms with Gasteiger partial charge in [-0.3, -0.25) is 4.79 Å². The molecule has 0 radical (unpaired) electrons. The van der Waals surface area contributed by atoms with Crippen LogP contribution < -0.4 is 0 Å². The molecule has 0 aliphatic rings. The van der Waals surface area contributed by atoms with Gasteiger partial charge in [-0.15, -0.1) is 6.58 Å². The average Bonchev–Trinajstić information content (AvgIpc) is 2.81. The van der Waals surface area contributed by atoms with Crippen molar-refractivity contribution in [2.75, 3.05) is 19.7 Å². The Labute approximate surface area is 117 Å². The number of aliphatic hydroxyl groups excluding tert-OH is 1. The number of rotatable bonds is 5. The summed E-state index contributed by atoms with van der Waals surface area (Å²) in [7, 11) is 0. The summed E-state index contributed by atoms with van der Waals surface area (Å²) in [6, 6.07) is 1.91. The molecule has 0 aliphatic carbocycles. The normalized spacial score (nSPS) is 10.8. The molecule has 0 aromatic carbocycles. The van der Waals surface area contributed by atoms with Crippen LogP contribution in [0.2, 0.25) is 0 Å². The number of fused-ring (bicyclic) bond motifs is 1. The van der Waals surface area contributed by atoms with Gasteiger partial charge in [0.05, 0.1) is 12.8 Å². The fraction of sp³-hybridized carbons (Fsp3) is 0.357. The molecule has 0 unspecified atom stereocenters. The molecule has 2 heterocycles. The summed E-state index contributed by atoms with van der Waals surface area (Å²) in [5, 5.41) is 13.2. The van der Waals surface area contributed by atoms with Crippen molar-refractivity contribution in [2.24, 2.45) is 0 Å². The van der Waals surface area contributed by atoms with Gasteiger partial charge in [0.25, 0.3) is 5.91 Å². The van der Waals surface area contributed by atoms with Crippen LogP contribution in [0.25, 0.3) is 5.65 Å². The van der Waals surface area contributed by atoms with Gasteiger partial charge in [0.1, 0.15) is 5.56 Å². The minimum Gasteiger partial charge on any atom is -0.395 e. The van der Waals surface area contributed by atoms with Crippen LogP contribution in [0.3, 0.4) is 0 Å². The van der Waals surface area contributed by atoms with Crippen molar-refractivity contribution in [3.05, 3.63) is 41.9 Å². The first kappa shape index (κ1) is 14.2. The molecule has 1 N–H and O–H groups in total. The largest absolute Gasteiger partial charge is 0.395 e. The first-order valence-electron chi connectivity index (χ1n) is 6.41. The van der Waals surface area contributed by atoms with E-state index in [0.29, 0.717) is 17.8 Å². The summed E-state index contributed by atoms with van der Waals surface area (Å²) in [5.41, 5.74) is 2.73. The second kappa shape index (κ2) is 5.83. The molecule has 0 fully saturated rings. The van der Waals surface area contributed by atoms with Gasteiger partial charge in [0, 0.05) is 24.5 Å². The highest BCUT2D eigenvalue weighted by Gasteiger charge is 2.20. The Bertz CT molecular complexity index is 648. The average molecular weight is 274 g/mol. The van der Waals surface area contributed by atoms with Crippen molar-refractivity contribution in [1.29, 1.82) is 0 Å².